The van der Waals surface area contributed by atoms with Crippen LogP contribution in [0.2, 0.25) is 0 Å². The molecular formula is C19H20S2. The quantitative estimate of drug-likeness (QED) is 0.589. The van der Waals surface area contributed by atoms with Gasteiger partial charge in [-0.25, -0.2) is 0 Å². The molecule has 0 aliphatic carbocycles. The molecule has 21 heavy (non-hydrogen) atoms. The van der Waals surface area contributed by atoms with Crippen LogP contribution in [0, 0.1) is 0 Å². The van der Waals surface area contributed by atoms with Crippen LogP contribution in [0.5, 0.6) is 0 Å². The molecule has 2 heteroatoms. The zero-order valence-electron chi connectivity index (χ0n) is 12.2. The fourth-order valence-corrected chi connectivity index (χ4v) is 4.12. The molecule has 0 radical (unpaired) electrons. The highest BCUT2D eigenvalue weighted by Crippen LogP contribution is 2.37. The molecule has 0 saturated heterocycles. The van der Waals surface area contributed by atoms with E-state index in [4.69, 9.17) is 0 Å². The topological polar surface area (TPSA) is 0 Å². The van der Waals surface area contributed by atoms with Crippen molar-refractivity contribution in [1.82, 2.24) is 0 Å². The zero-order valence-corrected chi connectivity index (χ0v) is 13.9. The van der Waals surface area contributed by atoms with Gasteiger partial charge in [0.05, 0.1) is 5.25 Å². The van der Waals surface area contributed by atoms with Gasteiger partial charge in [0, 0.05) is 5.75 Å². The molecule has 0 aliphatic rings. The van der Waals surface area contributed by atoms with Gasteiger partial charge in [0.25, 0.3) is 0 Å². The van der Waals surface area contributed by atoms with Gasteiger partial charge in [0.1, 0.15) is 0 Å². The Kier molecular flexibility index (Phi) is 6.71. The molecule has 0 fully saturated rings. The number of hydrogen-bond donors (Lipinski definition) is 0. The summed E-state index contributed by atoms with van der Waals surface area (Å²) < 4.78 is 0. The van der Waals surface area contributed by atoms with E-state index in [1.165, 1.54) is 16.0 Å². The van der Waals surface area contributed by atoms with E-state index in [-0.39, 0.29) is 0 Å². The molecule has 2 aromatic carbocycles. The fraction of sp³-hybridized carbons (Fsp3) is 0.158. The number of allylic oxidation sites excluding steroid dienone is 1. The molecule has 0 nitrogen and oxygen atoms in total. The van der Waals surface area contributed by atoms with Gasteiger partial charge in [-0.15, -0.1) is 23.5 Å². The smallest absolute Gasteiger partial charge is 0.0550 e. The van der Waals surface area contributed by atoms with Crippen molar-refractivity contribution in [3.05, 3.63) is 94.8 Å². The predicted molar refractivity (Wildman–Crippen MR) is 98.7 cm³/mol. The van der Waals surface area contributed by atoms with Crippen molar-refractivity contribution in [2.45, 2.75) is 12.2 Å². The van der Waals surface area contributed by atoms with E-state index in [0.717, 1.165) is 5.75 Å². The Morgan fingerprint density at radius 3 is 1.95 bits per heavy atom. The molecule has 0 saturated carbocycles. The SMILES string of the molecule is C=CS/C(=C\C)CSC(c1ccccc1)c1ccccc1. The number of rotatable bonds is 7. The highest BCUT2D eigenvalue weighted by atomic mass is 32.2. The standard InChI is InChI=1S/C19H20S2/c1-3-18(20-4-2)15-21-19(16-11-7-5-8-12-16)17-13-9-6-10-14-17/h3-14,19H,2,15H2,1H3/b18-3-. The lowest BCUT2D eigenvalue weighted by Crippen LogP contribution is -1.98. The van der Waals surface area contributed by atoms with Crippen LogP contribution in [0.4, 0.5) is 0 Å². The average Bonchev–Trinajstić information content (AvgIpc) is 2.56. The molecule has 0 atom stereocenters. The summed E-state index contributed by atoms with van der Waals surface area (Å²) in [7, 11) is 0. The van der Waals surface area contributed by atoms with Crippen molar-refractivity contribution in [2.24, 2.45) is 0 Å². The third kappa shape index (κ3) is 4.83. The maximum atomic E-state index is 3.80. The van der Waals surface area contributed by atoms with E-state index < -0.39 is 0 Å². The van der Waals surface area contributed by atoms with Crippen LogP contribution in [0.15, 0.2) is 83.6 Å². The van der Waals surface area contributed by atoms with E-state index in [1.54, 1.807) is 11.8 Å². The molecule has 108 valence electrons. The molecule has 0 amide bonds. The maximum absolute atomic E-state index is 3.80. The summed E-state index contributed by atoms with van der Waals surface area (Å²) in [6.45, 7) is 5.89. The molecule has 0 aromatic heterocycles. The lowest BCUT2D eigenvalue weighted by atomic mass is 10.0. The summed E-state index contributed by atoms with van der Waals surface area (Å²) in [5.41, 5.74) is 2.71. The molecule has 2 aromatic rings. The molecule has 0 N–H and O–H groups in total. The van der Waals surface area contributed by atoms with Crippen LogP contribution < -0.4 is 0 Å². The molecule has 0 heterocycles. The van der Waals surface area contributed by atoms with Gasteiger partial charge in [-0.05, 0) is 28.4 Å². The van der Waals surface area contributed by atoms with E-state index in [9.17, 15) is 0 Å². The van der Waals surface area contributed by atoms with Gasteiger partial charge in [-0.1, -0.05) is 73.3 Å². The van der Waals surface area contributed by atoms with Crippen molar-refractivity contribution < 1.29 is 0 Å². The van der Waals surface area contributed by atoms with Gasteiger partial charge in [0.15, 0.2) is 0 Å². The lowest BCUT2D eigenvalue weighted by molar-refractivity contribution is 1.16. The minimum atomic E-state index is 0.368. The number of hydrogen-bond acceptors (Lipinski definition) is 2. The van der Waals surface area contributed by atoms with Crippen LogP contribution in [-0.2, 0) is 0 Å². The molecule has 0 aliphatic heterocycles. The highest BCUT2D eigenvalue weighted by molar-refractivity contribution is 8.08. The molecule has 2 rings (SSSR count). The third-order valence-electron chi connectivity index (χ3n) is 3.15. The Labute approximate surface area is 136 Å². The van der Waals surface area contributed by atoms with Gasteiger partial charge in [-0.3, -0.25) is 0 Å². The zero-order chi connectivity index (χ0) is 14.9. The van der Waals surface area contributed by atoms with Gasteiger partial charge in [0.2, 0.25) is 0 Å². The normalized spacial score (nSPS) is 11.6. The highest BCUT2D eigenvalue weighted by Gasteiger charge is 2.14. The van der Waals surface area contributed by atoms with E-state index >= 15 is 0 Å². The van der Waals surface area contributed by atoms with Gasteiger partial charge in [-0.2, -0.15) is 0 Å². The summed E-state index contributed by atoms with van der Waals surface area (Å²) in [4.78, 5) is 1.35. The third-order valence-corrected chi connectivity index (χ3v) is 5.54. The predicted octanol–water partition coefficient (Wildman–Crippen LogP) is 6.29. The number of benzene rings is 2. The Morgan fingerprint density at radius 2 is 1.52 bits per heavy atom. The van der Waals surface area contributed by atoms with Gasteiger partial charge < -0.3 is 0 Å². The van der Waals surface area contributed by atoms with E-state index in [1.807, 2.05) is 17.2 Å². The Morgan fingerprint density at radius 1 is 1.00 bits per heavy atom. The van der Waals surface area contributed by atoms with Crippen LogP contribution in [0.3, 0.4) is 0 Å². The van der Waals surface area contributed by atoms with Crippen molar-refractivity contribution >= 4 is 23.5 Å². The van der Waals surface area contributed by atoms with Crippen LogP contribution in [-0.4, -0.2) is 5.75 Å². The largest absolute Gasteiger partial charge is 0.144 e. The fourth-order valence-electron chi connectivity index (χ4n) is 2.10. The van der Waals surface area contributed by atoms with Crippen LogP contribution in [0.25, 0.3) is 0 Å². The summed E-state index contributed by atoms with van der Waals surface area (Å²) >= 11 is 3.68. The van der Waals surface area contributed by atoms with Crippen molar-refractivity contribution in [3.63, 3.8) is 0 Å². The minimum absolute atomic E-state index is 0.368. The molecule has 0 bridgehead atoms. The molecule has 0 spiro atoms. The summed E-state index contributed by atoms with van der Waals surface area (Å²) in [5.74, 6) is 1.00. The van der Waals surface area contributed by atoms with Crippen molar-refractivity contribution in [2.75, 3.05) is 5.75 Å². The first-order valence-corrected chi connectivity index (χ1v) is 8.92. The second-order valence-electron chi connectivity index (χ2n) is 4.55. The van der Waals surface area contributed by atoms with E-state index in [0.29, 0.717) is 5.25 Å². The van der Waals surface area contributed by atoms with Crippen molar-refractivity contribution in [3.8, 4) is 0 Å². The first-order chi connectivity index (χ1) is 10.3. The minimum Gasteiger partial charge on any atom is -0.144 e. The Balaban J connectivity index is 2.19. The van der Waals surface area contributed by atoms with Crippen LogP contribution >= 0.6 is 23.5 Å². The second kappa shape index (κ2) is 8.81. The summed E-state index contributed by atoms with van der Waals surface area (Å²) in [5, 5.41) is 2.27. The first-order valence-electron chi connectivity index (χ1n) is 6.99. The Hall–Kier alpha value is -1.38. The summed E-state index contributed by atoms with van der Waals surface area (Å²) in [6, 6.07) is 21.4. The Bertz CT molecular complexity index is 534. The second-order valence-corrected chi connectivity index (χ2v) is 6.74. The lowest BCUT2D eigenvalue weighted by Gasteiger charge is -2.18. The van der Waals surface area contributed by atoms with Crippen LogP contribution in [0.1, 0.15) is 23.3 Å². The maximum Gasteiger partial charge on any atom is 0.0550 e. The number of thioether (sulfide) groups is 2. The average molecular weight is 313 g/mol. The molecule has 0 unspecified atom stereocenters. The monoisotopic (exact) mass is 312 g/mol. The summed E-state index contributed by atoms with van der Waals surface area (Å²) in [6.07, 6.45) is 2.17. The first kappa shape index (κ1) is 16.0. The van der Waals surface area contributed by atoms with E-state index in [2.05, 4.69) is 80.2 Å². The van der Waals surface area contributed by atoms with Crippen molar-refractivity contribution in [1.29, 1.82) is 0 Å². The molecular weight excluding hydrogens is 292 g/mol. The van der Waals surface area contributed by atoms with Gasteiger partial charge >= 0.3 is 0 Å².